The highest BCUT2D eigenvalue weighted by atomic mass is 16.5. The topological polar surface area (TPSA) is 52.3 Å². The average molecular weight is 235 g/mol. The van der Waals surface area contributed by atoms with Crippen LogP contribution in [0.2, 0.25) is 0 Å². The molecule has 2 atom stereocenters. The molecule has 94 valence electrons. The molecule has 3 nitrogen and oxygen atoms in total. The molecule has 0 aliphatic carbocycles. The van der Waals surface area contributed by atoms with Crippen molar-refractivity contribution in [1.29, 1.82) is 0 Å². The van der Waals surface area contributed by atoms with Crippen LogP contribution in [0.4, 0.5) is 0 Å². The van der Waals surface area contributed by atoms with Crippen LogP contribution in [-0.2, 0) is 9.53 Å². The monoisotopic (exact) mass is 235 g/mol. The van der Waals surface area contributed by atoms with E-state index < -0.39 is 6.04 Å². The Morgan fingerprint density at radius 1 is 1.24 bits per heavy atom. The molecule has 0 radical (unpaired) electrons. The van der Waals surface area contributed by atoms with Gasteiger partial charge in [0.2, 0.25) is 0 Å². The molecule has 1 unspecified atom stereocenters. The van der Waals surface area contributed by atoms with E-state index in [1.807, 2.05) is 51.1 Å². The first-order chi connectivity index (χ1) is 8.02. The summed E-state index contributed by atoms with van der Waals surface area (Å²) in [5.74, 6) is -0.0240. The van der Waals surface area contributed by atoms with E-state index in [0.717, 1.165) is 5.56 Å². The summed E-state index contributed by atoms with van der Waals surface area (Å²) in [6.45, 7) is 6.36. The second-order valence-electron chi connectivity index (χ2n) is 4.75. The molecule has 1 rings (SSSR count). The van der Waals surface area contributed by atoms with Gasteiger partial charge >= 0.3 is 5.97 Å². The van der Waals surface area contributed by atoms with Crippen molar-refractivity contribution < 1.29 is 9.53 Å². The van der Waals surface area contributed by atoms with Crippen LogP contribution in [0.1, 0.15) is 32.3 Å². The van der Waals surface area contributed by atoms with Crippen LogP contribution in [0.5, 0.6) is 0 Å². The van der Waals surface area contributed by atoms with Gasteiger partial charge < -0.3 is 10.5 Å². The molecule has 0 aliphatic heterocycles. The number of hydrogen-bond acceptors (Lipinski definition) is 3. The summed E-state index contributed by atoms with van der Waals surface area (Å²) in [4.78, 5) is 11.7. The molecule has 0 amide bonds. The summed E-state index contributed by atoms with van der Waals surface area (Å²) >= 11 is 0. The van der Waals surface area contributed by atoms with Crippen molar-refractivity contribution >= 4 is 5.97 Å². The van der Waals surface area contributed by atoms with Gasteiger partial charge in [-0.1, -0.05) is 51.1 Å². The highest BCUT2D eigenvalue weighted by Gasteiger charge is 2.23. The summed E-state index contributed by atoms with van der Waals surface area (Å²) in [7, 11) is 0. The summed E-state index contributed by atoms with van der Waals surface area (Å²) in [5, 5.41) is 0. The van der Waals surface area contributed by atoms with Crippen LogP contribution in [-0.4, -0.2) is 18.6 Å². The van der Waals surface area contributed by atoms with E-state index in [1.54, 1.807) is 0 Å². The van der Waals surface area contributed by atoms with Crippen molar-refractivity contribution in [3.8, 4) is 0 Å². The molecule has 0 saturated heterocycles. The summed E-state index contributed by atoms with van der Waals surface area (Å²) in [5.41, 5.74) is 6.96. The molecule has 0 aromatic heterocycles. The van der Waals surface area contributed by atoms with Crippen LogP contribution < -0.4 is 5.73 Å². The quantitative estimate of drug-likeness (QED) is 0.797. The lowest BCUT2D eigenvalue weighted by Gasteiger charge is -2.19. The number of hydrogen-bond donors (Lipinski definition) is 1. The number of carbonyl (C=O) groups excluding carboxylic acids is 1. The minimum atomic E-state index is -0.601. The third-order valence-corrected chi connectivity index (χ3v) is 2.70. The van der Waals surface area contributed by atoms with Crippen molar-refractivity contribution in [1.82, 2.24) is 0 Å². The Bertz CT molecular complexity index is 348. The van der Waals surface area contributed by atoms with E-state index in [2.05, 4.69) is 0 Å². The predicted octanol–water partition coefficient (Wildman–Crippen LogP) is 2.32. The molecule has 0 aliphatic rings. The third kappa shape index (κ3) is 4.19. The van der Waals surface area contributed by atoms with E-state index in [4.69, 9.17) is 10.5 Å². The zero-order valence-corrected chi connectivity index (χ0v) is 10.7. The Balaban J connectivity index is 2.57. The molecule has 3 heteroatoms. The fourth-order valence-electron chi connectivity index (χ4n) is 1.51. The molecule has 2 N–H and O–H groups in total. The summed E-state index contributed by atoms with van der Waals surface area (Å²) in [6, 6.07) is 9.17. The average Bonchev–Trinajstić information content (AvgIpc) is 2.35. The van der Waals surface area contributed by atoms with Gasteiger partial charge in [-0.2, -0.15) is 0 Å². The molecule has 1 aromatic carbocycles. The predicted molar refractivity (Wildman–Crippen MR) is 68.6 cm³/mol. The van der Waals surface area contributed by atoms with Crippen LogP contribution >= 0.6 is 0 Å². The minimum absolute atomic E-state index is 0.0316. The number of ether oxygens (including phenoxy) is 1. The number of carbonyl (C=O) groups is 1. The third-order valence-electron chi connectivity index (χ3n) is 2.70. The van der Waals surface area contributed by atoms with E-state index in [9.17, 15) is 4.79 Å². The molecule has 0 spiro atoms. The minimum Gasteiger partial charge on any atom is -0.464 e. The number of esters is 1. The highest BCUT2D eigenvalue weighted by Crippen LogP contribution is 2.18. The van der Waals surface area contributed by atoms with Crippen molar-refractivity contribution in [2.24, 2.45) is 11.7 Å². The van der Waals surface area contributed by atoms with Crippen molar-refractivity contribution in [2.75, 3.05) is 6.61 Å². The van der Waals surface area contributed by atoms with Gasteiger partial charge in [-0.3, -0.25) is 4.79 Å². The van der Waals surface area contributed by atoms with Gasteiger partial charge in [0.15, 0.2) is 0 Å². The summed E-state index contributed by atoms with van der Waals surface area (Å²) in [6.07, 6.45) is 0. The normalized spacial score (nSPS) is 14.4. The Labute approximate surface area is 103 Å². The van der Waals surface area contributed by atoms with E-state index in [0.29, 0.717) is 12.5 Å². The molecular weight excluding hydrogens is 214 g/mol. The van der Waals surface area contributed by atoms with Crippen LogP contribution in [0.25, 0.3) is 0 Å². The Morgan fingerprint density at radius 3 is 2.35 bits per heavy atom. The lowest BCUT2D eigenvalue weighted by molar-refractivity contribution is -0.146. The number of benzene rings is 1. The van der Waals surface area contributed by atoms with Crippen LogP contribution in [0.15, 0.2) is 30.3 Å². The molecule has 0 bridgehead atoms. The van der Waals surface area contributed by atoms with Gasteiger partial charge in [0, 0.05) is 5.92 Å². The maximum absolute atomic E-state index is 11.7. The van der Waals surface area contributed by atoms with Gasteiger partial charge in [0.25, 0.3) is 0 Å². The van der Waals surface area contributed by atoms with Gasteiger partial charge in [-0.25, -0.2) is 0 Å². The Hall–Kier alpha value is -1.35. The van der Waals surface area contributed by atoms with Gasteiger partial charge in [0.1, 0.15) is 6.04 Å². The van der Waals surface area contributed by atoms with Crippen molar-refractivity contribution in [3.63, 3.8) is 0 Å². The smallest absolute Gasteiger partial charge is 0.323 e. The molecule has 0 saturated carbocycles. The summed E-state index contributed by atoms with van der Waals surface area (Å²) < 4.78 is 5.14. The molecule has 0 fully saturated rings. The first kappa shape index (κ1) is 13.7. The second kappa shape index (κ2) is 6.40. The lowest BCUT2D eigenvalue weighted by Crippen LogP contribution is -2.37. The maximum atomic E-state index is 11.7. The zero-order valence-electron chi connectivity index (χ0n) is 10.7. The first-order valence-corrected chi connectivity index (χ1v) is 5.99. The fourth-order valence-corrected chi connectivity index (χ4v) is 1.51. The van der Waals surface area contributed by atoms with Gasteiger partial charge in [-0.05, 0) is 11.5 Å². The van der Waals surface area contributed by atoms with Gasteiger partial charge in [-0.15, -0.1) is 0 Å². The molecule has 17 heavy (non-hydrogen) atoms. The zero-order chi connectivity index (χ0) is 12.8. The highest BCUT2D eigenvalue weighted by molar-refractivity contribution is 5.76. The van der Waals surface area contributed by atoms with Crippen LogP contribution in [0, 0.1) is 5.92 Å². The second-order valence-corrected chi connectivity index (χ2v) is 4.75. The SMILES string of the molecule is CC(C)COC(=O)[C@@H](N)C(C)c1ccccc1. The largest absolute Gasteiger partial charge is 0.464 e. The van der Waals surface area contributed by atoms with E-state index in [1.165, 1.54) is 0 Å². The molecular formula is C14H21NO2. The van der Waals surface area contributed by atoms with Gasteiger partial charge in [0.05, 0.1) is 6.61 Å². The number of rotatable bonds is 5. The lowest BCUT2D eigenvalue weighted by atomic mass is 9.94. The molecule has 0 heterocycles. The van der Waals surface area contributed by atoms with Crippen LogP contribution in [0.3, 0.4) is 0 Å². The van der Waals surface area contributed by atoms with Crippen molar-refractivity contribution in [3.05, 3.63) is 35.9 Å². The Kier molecular flexibility index (Phi) is 5.16. The standard InChI is InChI=1S/C14H21NO2/c1-10(2)9-17-14(16)13(15)11(3)12-7-5-4-6-8-12/h4-8,10-11,13H,9,15H2,1-3H3/t11?,13-/m0/s1. The Morgan fingerprint density at radius 2 is 1.82 bits per heavy atom. The first-order valence-electron chi connectivity index (χ1n) is 5.99. The fraction of sp³-hybridized carbons (Fsp3) is 0.500. The number of nitrogens with two attached hydrogens (primary N) is 1. The van der Waals surface area contributed by atoms with E-state index >= 15 is 0 Å². The van der Waals surface area contributed by atoms with Crippen molar-refractivity contribution in [2.45, 2.75) is 32.7 Å². The van der Waals surface area contributed by atoms with E-state index in [-0.39, 0.29) is 11.9 Å². The maximum Gasteiger partial charge on any atom is 0.323 e. The molecule has 1 aromatic rings.